The Hall–Kier alpha value is -5.28. The number of nitrogens with one attached hydrogen (secondary N) is 1. The van der Waals surface area contributed by atoms with Gasteiger partial charge >= 0.3 is 0 Å². The van der Waals surface area contributed by atoms with Crippen molar-refractivity contribution in [2.45, 2.75) is 77.0 Å². The lowest BCUT2D eigenvalue weighted by Crippen LogP contribution is -2.23. The van der Waals surface area contributed by atoms with Crippen molar-refractivity contribution in [3.63, 3.8) is 0 Å². The van der Waals surface area contributed by atoms with Gasteiger partial charge in [-0.05, 0) is 91.3 Å². The molecule has 238 valence electrons. The molecule has 47 heavy (non-hydrogen) atoms. The maximum absolute atomic E-state index is 13.0. The van der Waals surface area contributed by atoms with E-state index >= 15 is 0 Å². The van der Waals surface area contributed by atoms with E-state index in [2.05, 4.69) is 50.8 Å². The maximum atomic E-state index is 13.0. The second-order valence-corrected chi connectivity index (χ2v) is 12.7. The number of Topliss-reactive ketones (excluding diaryl/α,β-unsaturated/α-hetero) is 1. The van der Waals surface area contributed by atoms with Crippen molar-refractivity contribution in [1.82, 2.24) is 20.4 Å². The van der Waals surface area contributed by atoms with Gasteiger partial charge in [-0.15, -0.1) is 5.10 Å². The van der Waals surface area contributed by atoms with Crippen molar-refractivity contribution in [3.8, 4) is 12.1 Å². The molecule has 3 unspecified atom stereocenters. The first-order chi connectivity index (χ1) is 22.8. The molecule has 0 bridgehead atoms. The van der Waals surface area contributed by atoms with Gasteiger partial charge in [0.15, 0.2) is 5.82 Å². The Kier molecular flexibility index (Phi) is 11.1. The Morgan fingerprint density at radius 1 is 0.787 bits per heavy atom. The van der Waals surface area contributed by atoms with Gasteiger partial charge in [0.2, 0.25) is 5.91 Å². The Balaban J connectivity index is 1.15. The lowest BCUT2D eigenvalue weighted by Gasteiger charge is -2.20. The van der Waals surface area contributed by atoms with Gasteiger partial charge in [-0.25, -0.2) is 0 Å². The lowest BCUT2D eigenvalue weighted by atomic mass is 9.85. The van der Waals surface area contributed by atoms with E-state index in [0.717, 1.165) is 60.3 Å². The van der Waals surface area contributed by atoms with E-state index in [1.807, 2.05) is 37.3 Å². The van der Waals surface area contributed by atoms with Gasteiger partial charge in [-0.1, -0.05) is 51.0 Å². The number of nitrogens with zero attached hydrogens (tertiary/aromatic N) is 6. The highest BCUT2D eigenvalue weighted by atomic mass is 16.1. The van der Waals surface area contributed by atoms with Crippen LogP contribution in [0.25, 0.3) is 0 Å². The number of benzene rings is 2. The Bertz CT molecular complexity index is 1770. The van der Waals surface area contributed by atoms with Crippen LogP contribution < -0.4 is 5.32 Å². The molecule has 0 spiro atoms. The molecule has 1 amide bonds. The topological polar surface area (TPSA) is 145 Å². The highest BCUT2D eigenvalue weighted by molar-refractivity contribution is 5.91. The fourth-order valence-corrected chi connectivity index (χ4v) is 6.28. The molecule has 2 heterocycles. The van der Waals surface area contributed by atoms with Crippen LogP contribution in [0, 0.1) is 34.5 Å². The number of ketones is 1. The summed E-state index contributed by atoms with van der Waals surface area (Å²) in [5.74, 6) is 0.795. The predicted octanol–water partition coefficient (Wildman–Crippen LogP) is 6.65. The zero-order valence-electron chi connectivity index (χ0n) is 26.9. The number of aromatic nitrogens is 4. The summed E-state index contributed by atoms with van der Waals surface area (Å²) in [6.07, 6.45) is 6.28. The van der Waals surface area contributed by atoms with Crippen molar-refractivity contribution in [2.24, 2.45) is 11.8 Å². The van der Waals surface area contributed by atoms with Gasteiger partial charge in [0.05, 0.1) is 46.8 Å². The minimum atomic E-state index is -0.212. The second kappa shape index (κ2) is 15.8. The molecule has 0 saturated heterocycles. The summed E-state index contributed by atoms with van der Waals surface area (Å²) in [6, 6.07) is 26.3. The van der Waals surface area contributed by atoms with Crippen LogP contribution in [0.2, 0.25) is 0 Å². The molecule has 0 aliphatic heterocycles. The molecule has 1 saturated carbocycles. The Morgan fingerprint density at radius 2 is 1.38 bits per heavy atom. The zero-order valence-corrected chi connectivity index (χ0v) is 26.9. The number of nitriles is 2. The average molecular weight is 626 g/mol. The van der Waals surface area contributed by atoms with Crippen molar-refractivity contribution in [2.75, 3.05) is 5.32 Å². The lowest BCUT2D eigenvalue weighted by molar-refractivity contribution is -0.123. The first kappa shape index (κ1) is 33.1. The van der Waals surface area contributed by atoms with E-state index < -0.39 is 0 Å². The third kappa shape index (κ3) is 9.14. The van der Waals surface area contributed by atoms with Crippen LogP contribution in [-0.2, 0) is 28.9 Å². The quantitative estimate of drug-likeness (QED) is 0.182. The van der Waals surface area contributed by atoms with Crippen molar-refractivity contribution < 1.29 is 9.59 Å². The molecule has 2 aromatic carbocycles. The predicted molar refractivity (Wildman–Crippen MR) is 178 cm³/mol. The van der Waals surface area contributed by atoms with E-state index in [9.17, 15) is 9.59 Å². The number of rotatable bonds is 11. The molecule has 9 nitrogen and oxygen atoms in total. The summed E-state index contributed by atoms with van der Waals surface area (Å²) < 4.78 is 0. The van der Waals surface area contributed by atoms with E-state index in [0.29, 0.717) is 29.8 Å². The largest absolute Gasteiger partial charge is 0.309 e. The molecule has 4 atom stereocenters. The van der Waals surface area contributed by atoms with Crippen LogP contribution in [0.4, 0.5) is 5.82 Å². The second-order valence-electron chi connectivity index (χ2n) is 12.7. The summed E-state index contributed by atoms with van der Waals surface area (Å²) in [6.45, 7) is 4.04. The monoisotopic (exact) mass is 625 g/mol. The molecule has 2 aromatic heterocycles. The van der Waals surface area contributed by atoms with Gasteiger partial charge < -0.3 is 5.32 Å². The highest BCUT2D eigenvalue weighted by Gasteiger charge is 2.26. The zero-order chi connectivity index (χ0) is 33.2. The summed E-state index contributed by atoms with van der Waals surface area (Å²) in [5, 5.41) is 39.0. The van der Waals surface area contributed by atoms with Crippen LogP contribution in [0.3, 0.4) is 0 Å². The number of carbonyl (C=O) groups is 2. The van der Waals surface area contributed by atoms with Crippen LogP contribution in [0.1, 0.15) is 97.1 Å². The summed E-state index contributed by atoms with van der Waals surface area (Å²) in [4.78, 5) is 25.5. The fourth-order valence-electron chi connectivity index (χ4n) is 6.28. The number of hydrogen-bond acceptors (Lipinski definition) is 8. The third-order valence-corrected chi connectivity index (χ3v) is 9.20. The van der Waals surface area contributed by atoms with Crippen molar-refractivity contribution >= 4 is 17.5 Å². The minimum absolute atomic E-state index is 0.102. The smallest absolute Gasteiger partial charge is 0.229 e. The normalized spacial score (nSPS) is 17.4. The summed E-state index contributed by atoms with van der Waals surface area (Å²) in [5.41, 5.74) is 5.48. The van der Waals surface area contributed by atoms with Gasteiger partial charge in [-0.2, -0.15) is 25.8 Å². The molecule has 5 rings (SSSR count). The first-order valence-electron chi connectivity index (χ1n) is 16.3. The van der Waals surface area contributed by atoms with E-state index in [1.165, 1.54) is 0 Å². The Morgan fingerprint density at radius 3 is 1.94 bits per heavy atom. The van der Waals surface area contributed by atoms with Crippen molar-refractivity contribution in [1.29, 1.82) is 10.5 Å². The fraction of sp³-hybridized carbons (Fsp3) is 0.368. The number of anilines is 1. The van der Waals surface area contributed by atoms with Crippen LogP contribution in [0.5, 0.6) is 0 Å². The van der Waals surface area contributed by atoms with Gasteiger partial charge in [0, 0.05) is 24.2 Å². The van der Waals surface area contributed by atoms with Crippen molar-refractivity contribution in [3.05, 3.63) is 112 Å². The minimum Gasteiger partial charge on any atom is -0.309 e. The van der Waals surface area contributed by atoms with E-state index in [-0.39, 0.29) is 41.8 Å². The molecule has 4 aromatic rings. The van der Waals surface area contributed by atoms with Crippen LogP contribution in [0.15, 0.2) is 72.8 Å². The SMILES string of the molecule is CC(C(=O)Cc1cccc(C#N)c1)[C@H](C)Cc1ccc(C2CCCCC(c3ccc(NC(=O)Cc4cccc(C#N)c4)nn3)C2)nn1. The van der Waals surface area contributed by atoms with Gasteiger partial charge in [-0.3, -0.25) is 9.59 Å². The molecule has 1 N–H and O–H groups in total. The molecule has 1 aliphatic rings. The summed E-state index contributed by atoms with van der Waals surface area (Å²) >= 11 is 0. The third-order valence-electron chi connectivity index (χ3n) is 9.20. The first-order valence-corrected chi connectivity index (χ1v) is 16.3. The number of carbonyl (C=O) groups excluding carboxylic acids is 2. The average Bonchev–Trinajstić information content (AvgIpc) is 3.35. The maximum Gasteiger partial charge on any atom is 0.229 e. The van der Waals surface area contributed by atoms with Gasteiger partial charge in [0.25, 0.3) is 0 Å². The molecule has 9 heteroatoms. The molecular weight excluding hydrogens is 586 g/mol. The molecule has 0 radical (unpaired) electrons. The molecular formula is C38H39N7O2. The summed E-state index contributed by atoms with van der Waals surface area (Å²) in [7, 11) is 0. The number of amides is 1. The Labute approximate surface area is 276 Å². The van der Waals surface area contributed by atoms with Gasteiger partial charge in [0.1, 0.15) is 5.78 Å². The van der Waals surface area contributed by atoms with E-state index in [4.69, 9.17) is 10.5 Å². The number of hydrogen-bond donors (Lipinski definition) is 1. The standard InChI is InChI=1S/C38H39N7O2/c1-25(26(2)36(46)20-27-7-5-9-29(18-27)23-39)17-33-13-14-34(43-42-33)31-11-3-4-12-32(22-31)35-15-16-37(45-44-35)41-38(47)21-28-8-6-10-30(19-28)24-40/h5-10,13-16,18-19,25-26,31-32H,3-4,11-12,17,20-22H2,1-2H3,(H,41,45,47)/t25-,26?,31?,32?/m1/s1. The molecule has 1 aliphatic carbocycles. The van der Waals surface area contributed by atoms with Crippen LogP contribution >= 0.6 is 0 Å². The van der Waals surface area contributed by atoms with Crippen LogP contribution in [-0.4, -0.2) is 32.1 Å². The van der Waals surface area contributed by atoms with E-state index in [1.54, 1.807) is 36.4 Å². The molecule has 1 fully saturated rings. The highest BCUT2D eigenvalue weighted by Crippen LogP contribution is 2.38.